The highest BCUT2D eigenvalue weighted by Gasteiger charge is 2.20. The lowest BCUT2D eigenvalue weighted by atomic mass is 10.1. The average Bonchev–Trinajstić information content (AvgIpc) is 2.09. The largest absolute Gasteiger partial charge is 0.460 e. The number of carbonyl (C=O) groups excluding carboxylic acids is 3. The number of amides is 1. The highest BCUT2D eigenvalue weighted by atomic mass is 16.6. The van der Waals surface area contributed by atoms with Gasteiger partial charge in [0.2, 0.25) is 5.78 Å². The molecule has 0 aliphatic carbocycles. The fraction of sp³-hybridized carbons (Fsp3) is 0.727. The van der Waals surface area contributed by atoms with Crippen LogP contribution in [0.15, 0.2) is 0 Å². The minimum atomic E-state index is -0.594. The molecule has 0 aromatic rings. The topological polar surface area (TPSA) is 63.7 Å². The van der Waals surface area contributed by atoms with Crippen LogP contribution in [0, 0.1) is 0 Å². The first-order valence-electron chi connectivity index (χ1n) is 5.10. The van der Waals surface area contributed by atoms with Gasteiger partial charge in [-0.1, -0.05) is 0 Å². The van der Waals surface area contributed by atoms with E-state index in [0.29, 0.717) is 0 Å². The number of carbonyl (C=O) groups is 3. The number of Topliss-reactive ketones (excluding diaryl/α,β-unsaturated/α-hetero) is 1. The van der Waals surface area contributed by atoms with Gasteiger partial charge in [-0.2, -0.15) is 0 Å². The molecule has 5 nitrogen and oxygen atoms in total. The van der Waals surface area contributed by atoms with Gasteiger partial charge >= 0.3 is 5.97 Å². The number of ether oxygens (including phenoxy) is 1. The molecule has 0 fully saturated rings. The molecule has 0 unspecified atom stereocenters. The Bertz CT molecular complexity index is 289. The molecule has 0 radical (unpaired) electrons. The summed E-state index contributed by atoms with van der Waals surface area (Å²) in [4.78, 5) is 34.9. The standard InChI is InChI=1S/C11H19NO4/c1-11(2,3)16-9(14)7-6-8(13)10(15)12(4)5/h6-7H2,1-5H3. The summed E-state index contributed by atoms with van der Waals surface area (Å²) in [5.74, 6) is -1.63. The SMILES string of the molecule is CN(C)C(=O)C(=O)CCC(=O)OC(C)(C)C. The van der Waals surface area contributed by atoms with Crippen molar-refractivity contribution in [3.63, 3.8) is 0 Å². The fourth-order valence-electron chi connectivity index (χ4n) is 0.964. The smallest absolute Gasteiger partial charge is 0.306 e. The first-order valence-corrected chi connectivity index (χ1v) is 5.10. The Balaban J connectivity index is 4.03. The zero-order valence-corrected chi connectivity index (χ0v) is 10.5. The molecule has 0 atom stereocenters. The Morgan fingerprint density at radius 2 is 1.56 bits per heavy atom. The molecular formula is C11H19NO4. The molecule has 5 heteroatoms. The summed E-state index contributed by atoms with van der Waals surface area (Å²) in [6.45, 7) is 5.24. The first kappa shape index (κ1) is 14.6. The Morgan fingerprint density at radius 1 is 1.06 bits per heavy atom. The quantitative estimate of drug-likeness (QED) is 0.527. The van der Waals surface area contributed by atoms with E-state index < -0.39 is 23.3 Å². The zero-order valence-electron chi connectivity index (χ0n) is 10.5. The summed E-state index contributed by atoms with van der Waals surface area (Å²) >= 11 is 0. The molecule has 0 aromatic carbocycles. The van der Waals surface area contributed by atoms with Crippen LogP contribution in [0.2, 0.25) is 0 Å². The van der Waals surface area contributed by atoms with E-state index in [4.69, 9.17) is 4.74 Å². The van der Waals surface area contributed by atoms with Crippen LogP contribution in [0.5, 0.6) is 0 Å². The predicted molar refractivity (Wildman–Crippen MR) is 58.8 cm³/mol. The third-order valence-corrected chi connectivity index (χ3v) is 1.62. The van der Waals surface area contributed by atoms with Crippen LogP contribution in [0.3, 0.4) is 0 Å². The maximum absolute atomic E-state index is 11.3. The molecule has 0 aliphatic rings. The molecule has 0 saturated carbocycles. The van der Waals surface area contributed by atoms with Crippen LogP contribution >= 0.6 is 0 Å². The van der Waals surface area contributed by atoms with Crippen molar-refractivity contribution < 1.29 is 19.1 Å². The molecule has 0 spiro atoms. The van der Waals surface area contributed by atoms with Crippen molar-refractivity contribution >= 4 is 17.7 Å². The van der Waals surface area contributed by atoms with Gasteiger partial charge in [0.15, 0.2) is 0 Å². The third kappa shape index (κ3) is 6.16. The molecule has 0 saturated heterocycles. The number of esters is 1. The van der Waals surface area contributed by atoms with Gasteiger partial charge in [0.05, 0.1) is 6.42 Å². The van der Waals surface area contributed by atoms with E-state index in [1.165, 1.54) is 19.0 Å². The van der Waals surface area contributed by atoms with Crippen LogP contribution in [0.1, 0.15) is 33.6 Å². The van der Waals surface area contributed by atoms with Gasteiger partial charge in [-0.15, -0.1) is 0 Å². The highest BCUT2D eigenvalue weighted by molar-refractivity contribution is 6.36. The fourth-order valence-corrected chi connectivity index (χ4v) is 0.964. The van der Waals surface area contributed by atoms with Crippen LogP contribution in [-0.4, -0.2) is 42.3 Å². The predicted octanol–water partition coefficient (Wildman–Crippen LogP) is 0.766. The lowest BCUT2D eigenvalue weighted by Gasteiger charge is -2.19. The van der Waals surface area contributed by atoms with Gasteiger partial charge in [0.1, 0.15) is 5.60 Å². The number of hydrogen-bond acceptors (Lipinski definition) is 4. The third-order valence-electron chi connectivity index (χ3n) is 1.62. The Hall–Kier alpha value is -1.39. The molecule has 0 N–H and O–H groups in total. The van der Waals surface area contributed by atoms with Gasteiger partial charge in [0.25, 0.3) is 5.91 Å². The van der Waals surface area contributed by atoms with E-state index in [1.807, 2.05) is 0 Å². The van der Waals surface area contributed by atoms with Gasteiger partial charge in [-0.05, 0) is 20.8 Å². The van der Waals surface area contributed by atoms with E-state index in [0.717, 1.165) is 0 Å². The van der Waals surface area contributed by atoms with Crippen molar-refractivity contribution in [3.05, 3.63) is 0 Å². The number of nitrogens with zero attached hydrogens (tertiary/aromatic N) is 1. The molecule has 0 aliphatic heterocycles. The van der Waals surface area contributed by atoms with Gasteiger partial charge in [-0.3, -0.25) is 14.4 Å². The van der Waals surface area contributed by atoms with Crippen molar-refractivity contribution in [3.8, 4) is 0 Å². The minimum Gasteiger partial charge on any atom is -0.460 e. The normalized spacial score (nSPS) is 10.8. The number of rotatable bonds is 4. The maximum Gasteiger partial charge on any atom is 0.306 e. The number of ketones is 1. The summed E-state index contributed by atoms with van der Waals surface area (Å²) in [5.41, 5.74) is -0.564. The first-order chi connectivity index (χ1) is 7.13. The highest BCUT2D eigenvalue weighted by Crippen LogP contribution is 2.09. The summed E-state index contributed by atoms with van der Waals surface area (Å²) in [7, 11) is 2.99. The zero-order chi connectivity index (χ0) is 12.9. The molecule has 92 valence electrons. The summed E-state index contributed by atoms with van der Waals surface area (Å²) in [6.07, 6.45) is -0.165. The summed E-state index contributed by atoms with van der Waals surface area (Å²) in [6, 6.07) is 0. The lowest BCUT2D eigenvalue weighted by molar-refractivity contribution is -0.156. The van der Waals surface area contributed by atoms with Crippen LogP contribution in [0.4, 0.5) is 0 Å². The van der Waals surface area contributed by atoms with E-state index in [2.05, 4.69) is 0 Å². The van der Waals surface area contributed by atoms with E-state index in [9.17, 15) is 14.4 Å². The minimum absolute atomic E-state index is 0.0598. The molecule has 16 heavy (non-hydrogen) atoms. The molecule has 0 aromatic heterocycles. The number of hydrogen-bond donors (Lipinski definition) is 0. The van der Waals surface area contributed by atoms with Gasteiger partial charge in [0, 0.05) is 20.5 Å². The maximum atomic E-state index is 11.3. The molecular weight excluding hydrogens is 210 g/mol. The molecule has 0 bridgehead atoms. The molecule has 0 rings (SSSR count). The van der Waals surface area contributed by atoms with E-state index >= 15 is 0 Å². The Kier molecular flexibility index (Phi) is 5.14. The van der Waals surface area contributed by atoms with Crippen molar-refractivity contribution in [2.24, 2.45) is 0 Å². The molecule has 1 amide bonds. The second-order valence-corrected chi connectivity index (χ2v) is 4.71. The lowest BCUT2D eigenvalue weighted by Crippen LogP contribution is -2.30. The second kappa shape index (κ2) is 5.63. The monoisotopic (exact) mass is 229 g/mol. The van der Waals surface area contributed by atoms with Crippen LogP contribution in [-0.2, 0) is 19.1 Å². The van der Waals surface area contributed by atoms with Crippen molar-refractivity contribution in [1.82, 2.24) is 4.90 Å². The van der Waals surface area contributed by atoms with Crippen LogP contribution < -0.4 is 0 Å². The van der Waals surface area contributed by atoms with Gasteiger partial charge < -0.3 is 9.64 Å². The Morgan fingerprint density at radius 3 is 1.94 bits per heavy atom. The summed E-state index contributed by atoms with van der Waals surface area (Å²) in [5, 5.41) is 0. The van der Waals surface area contributed by atoms with Crippen molar-refractivity contribution in [1.29, 1.82) is 0 Å². The van der Waals surface area contributed by atoms with Crippen LogP contribution in [0.25, 0.3) is 0 Å². The van der Waals surface area contributed by atoms with E-state index in [-0.39, 0.29) is 12.8 Å². The Labute approximate surface area is 95.7 Å². The second-order valence-electron chi connectivity index (χ2n) is 4.71. The van der Waals surface area contributed by atoms with Crippen molar-refractivity contribution in [2.45, 2.75) is 39.2 Å². The van der Waals surface area contributed by atoms with E-state index in [1.54, 1.807) is 20.8 Å². The number of likely N-dealkylation sites (N-methyl/N-ethyl adjacent to an activating group) is 1. The molecule has 0 heterocycles. The summed E-state index contributed by atoms with van der Waals surface area (Å²) < 4.78 is 5.01. The van der Waals surface area contributed by atoms with Crippen molar-refractivity contribution in [2.75, 3.05) is 14.1 Å². The van der Waals surface area contributed by atoms with Gasteiger partial charge in [-0.25, -0.2) is 0 Å². The average molecular weight is 229 g/mol.